The van der Waals surface area contributed by atoms with Crippen molar-refractivity contribution in [1.29, 1.82) is 0 Å². The summed E-state index contributed by atoms with van der Waals surface area (Å²) in [5.41, 5.74) is 0.463. The highest BCUT2D eigenvalue weighted by atomic mass is 32.2. The van der Waals surface area contributed by atoms with Crippen LogP contribution in [0.3, 0.4) is 0 Å². The van der Waals surface area contributed by atoms with Gasteiger partial charge in [-0.25, -0.2) is 4.79 Å². The highest BCUT2D eigenvalue weighted by molar-refractivity contribution is 7.99. The quantitative estimate of drug-likeness (QED) is 0.822. The van der Waals surface area contributed by atoms with Gasteiger partial charge in [0.25, 0.3) is 0 Å². The van der Waals surface area contributed by atoms with Crippen LogP contribution in [0.5, 0.6) is 0 Å². The van der Waals surface area contributed by atoms with Crippen LogP contribution in [0.25, 0.3) is 0 Å². The van der Waals surface area contributed by atoms with Crippen molar-refractivity contribution in [1.82, 2.24) is 15.1 Å². The van der Waals surface area contributed by atoms with Crippen LogP contribution >= 0.6 is 11.8 Å². The number of carbonyl (C=O) groups is 2. The van der Waals surface area contributed by atoms with Crippen LogP contribution in [0.2, 0.25) is 0 Å². The van der Waals surface area contributed by atoms with Gasteiger partial charge in [-0.2, -0.15) is 11.8 Å². The van der Waals surface area contributed by atoms with E-state index in [2.05, 4.69) is 34.5 Å². The summed E-state index contributed by atoms with van der Waals surface area (Å²) >= 11 is 1.92. The molecule has 2 aliphatic rings. The highest BCUT2D eigenvalue weighted by Gasteiger charge is 2.42. The van der Waals surface area contributed by atoms with Crippen molar-refractivity contribution < 1.29 is 14.7 Å². The fourth-order valence-corrected chi connectivity index (χ4v) is 4.66. The summed E-state index contributed by atoms with van der Waals surface area (Å²) in [6, 6.07) is 10.5. The van der Waals surface area contributed by atoms with E-state index >= 15 is 0 Å². The molecule has 0 aromatic heterocycles. The van der Waals surface area contributed by atoms with E-state index < -0.39 is 11.4 Å². The number of carboxylic acids is 1. The first-order valence-electron chi connectivity index (χ1n) is 9.10. The molecular formula is C19H27N3O3S. The molecule has 1 aromatic rings. The van der Waals surface area contributed by atoms with Gasteiger partial charge >= 0.3 is 12.0 Å². The SMILES string of the molecule is CC1(C(=O)O)CCN(C(=O)NCC2CSCCN2Cc2ccccc2)C1. The zero-order valence-electron chi connectivity index (χ0n) is 15.2. The maximum Gasteiger partial charge on any atom is 0.317 e. The number of carboxylic acid groups (broad SMARTS) is 1. The van der Waals surface area contributed by atoms with Crippen LogP contribution in [-0.4, -0.2) is 70.6 Å². The molecule has 2 N–H and O–H groups in total. The standard InChI is InChI=1S/C19H27N3O3S/c1-19(17(23)24)7-8-22(14-19)18(25)20-11-16-13-26-10-9-21(16)12-15-5-3-2-4-6-15/h2-6,16H,7-14H2,1H3,(H,20,25)(H,23,24). The molecule has 1 aromatic carbocycles. The molecule has 2 atom stereocenters. The van der Waals surface area contributed by atoms with Crippen molar-refractivity contribution in [3.05, 3.63) is 35.9 Å². The zero-order chi connectivity index (χ0) is 18.6. The number of carbonyl (C=O) groups excluding carboxylic acids is 1. The summed E-state index contributed by atoms with van der Waals surface area (Å²) in [4.78, 5) is 27.9. The van der Waals surface area contributed by atoms with Gasteiger partial charge in [0.2, 0.25) is 0 Å². The number of nitrogens with one attached hydrogen (secondary N) is 1. The molecule has 2 amide bonds. The molecule has 7 heteroatoms. The molecule has 2 fully saturated rings. The number of benzene rings is 1. The van der Waals surface area contributed by atoms with Gasteiger partial charge in [-0.15, -0.1) is 0 Å². The molecule has 0 radical (unpaired) electrons. The van der Waals surface area contributed by atoms with Crippen LogP contribution in [0, 0.1) is 5.41 Å². The molecular weight excluding hydrogens is 350 g/mol. The number of hydrogen-bond acceptors (Lipinski definition) is 4. The number of aliphatic carboxylic acids is 1. The number of nitrogens with zero attached hydrogens (tertiary/aromatic N) is 2. The van der Waals surface area contributed by atoms with Gasteiger partial charge in [-0.1, -0.05) is 30.3 Å². The first-order valence-corrected chi connectivity index (χ1v) is 10.3. The molecule has 0 bridgehead atoms. The molecule has 142 valence electrons. The minimum atomic E-state index is -0.828. The van der Waals surface area contributed by atoms with Gasteiger partial charge in [-0.3, -0.25) is 9.69 Å². The Kier molecular flexibility index (Phi) is 6.09. The van der Waals surface area contributed by atoms with Gasteiger partial charge < -0.3 is 15.3 Å². The smallest absolute Gasteiger partial charge is 0.317 e. The lowest BCUT2D eigenvalue weighted by atomic mass is 9.90. The van der Waals surface area contributed by atoms with Crippen LogP contribution in [0.1, 0.15) is 18.9 Å². The Hall–Kier alpha value is -1.73. The van der Waals surface area contributed by atoms with E-state index in [0.717, 1.165) is 24.6 Å². The minimum Gasteiger partial charge on any atom is -0.481 e. The first kappa shape index (κ1) is 19.0. The summed E-state index contributed by atoms with van der Waals surface area (Å²) in [7, 11) is 0. The lowest BCUT2D eigenvalue weighted by Crippen LogP contribution is -2.50. The summed E-state index contributed by atoms with van der Waals surface area (Å²) in [6.07, 6.45) is 0.509. The molecule has 2 unspecified atom stereocenters. The lowest BCUT2D eigenvalue weighted by molar-refractivity contribution is -0.147. The van der Waals surface area contributed by atoms with Gasteiger partial charge in [0, 0.05) is 50.3 Å². The summed E-state index contributed by atoms with van der Waals surface area (Å²) < 4.78 is 0. The topological polar surface area (TPSA) is 72.9 Å². The average Bonchev–Trinajstić information content (AvgIpc) is 3.05. The third-order valence-electron chi connectivity index (χ3n) is 5.34. The second kappa shape index (κ2) is 8.31. The molecule has 3 rings (SSSR count). The predicted molar refractivity (Wildman–Crippen MR) is 103 cm³/mol. The van der Waals surface area contributed by atoms with E-state index in [0.29, 0.717) is 25.6 Å². The second-order valence-corrected chi connectivity index (χ2v) is 8.56. The van der Waals surface area contributed by atoms with Crippen LogP contribution in [0.15, 0.2) is 30.3 Å². The van der Waals surface area contributed by atoms with Crippen LogP contribution < -0.4 is 5.32 Å². The number of amides is 2. The predicted octanol–water partition coefficient (Wildman–Crippen LogP) is 2.11. The fraction of sp³-hybridized carbons (Fsp3) is 0.579. The van der Waals surface area contributed by atoms with Gasteiger partial charge in [0.05, 0.1) is 5.41 Å². The summed E-state index contributed by atoms with van der Waals surface area (Å²) in [5.74, 6) is 1.28. The molecule has 2 aliphatic heterocycles. The molecule has 0 spiro atoms. The van der Waals surface area contributed by atoms with Crippen molar-refractivity contribution in [3.8, 4) is 0 Å². The highest BCUT2D eigenvalue weighted by Crippen LogP contribution is 2.30. The Morgan fingerprint density at radius 1 is 1.31 bits per heavy atom. The lowest BCUT2D eigenvalue weighted by Gasteiger charge is -2.35. The average molecular weight is 378 g/mol. The van der Waals surface area contributed by atoms with E-state index in [1.807, 2.05) is 17.8 Å². The van der Waals surface area contributed by atoms with E-state index in [-0.39, 0.29) is 12.6 Å². The Bertz CT molecular complexity index is 642. The molecule has 2 heterocycles. The van der Waals surface area contributed by atoms with Crippen LogP contribution in [0.4, 0.5) is 4.79 Å². The fourth-order valence-electron chi connectivity index (χ4n) is 3.53. The molecule has 26 heavy (non-hydrogen) atoms. The van der Waals surface area contributed by atoms with Crippen LogP contribution in [-0.2, 0) is 11.3 Å². The Morgan fingerprint density at radius 3 is 2.77 bits per heavy atom. The van der Waals surface area contributed by atoms with Crippen molar-refractivity contribution in [3.63, 3.8) is 0 Å². The van der Waals surface area contributed by atoms with Gasteiger partial charge in [0.15, 0.2) is 0 Å². The summed E-state index contributed by atoms with van der Waals surface area (Å²) in [5, 5.41) is 12.3. The normalized spacial score (nSPS) is 26.7. The molecule has 6 nitrogen and oxygen atoms in total. The Labute approximate surface area is 158 Å². The third-order valence-corrected chi connectivity index (χ3v) is 6.44. The van der Waals surface area contributed by atoms with E-state index in [9.17, 15) is 14.7 Å². The molecule has 0 saturated carbocycles. The third kappa shape index (κ3) is 4.51. The van der Waals surface area contributed by atoms with Crippen molar-refractivity contribution >= 4 is 23.8 Å². The Balaban J connectivity index is 1.52. The zero-order valence-corrected chi connectivity index (χ0v) is 16.0. The number of rotatable bonds is 5. The second-order valence-electron chi connectivity index (χ2n) is 7.41. The first-order chi connectivity index (χ1) is 12.5. The van der Waals surface area contributed by atoms with Crippen molar-refractivity contribution in [2.75, 3.05) is 37.7 Å². The maximum atomic E-state index is 12.5. The number of hydrogen-bond donors (Lipinski definition) is 2. The van der Waals surface area contributed by atoms with Gasteiger partial charge in [0.1, 0.15) is 0 Å². The van der Waals surface area contributed by atoms with E-state index in [4.69, 9.17) is 0 Å². The Morgan fingerprint density at radius 2 is 2.08 bits per heavy atom. The minimum absolute atomic E-state index is 0.148. The summed E-state index contributed by atoms with van der Waals surface area (Å²) in [6.45, 7) is 4.99. The van der Waals surface area contributed by atoms with Crippen molar-refractivity contribution in [2.45, 2.75) is 25.9 Å². The number of likely N-dealkylation sites (tertiary alicyclic amines) is 1. The largest absolute Gasteiger partial charge is 0.481 e. The maximum absolute atomic E-state index is 12.5. The van der Waals surface area contributed by atoms with E-state index in [1.54, 1.807) is 11.8 Å². The van der Waals surface area contributed by atoms with E-state index in [1.165, 1.54) is 5.56 Å². The molecule has 2 saturated heterocycles. The van der Waals surface area contributed by atoms with Crippen molar-refractivity contribution in [2.24, 2.45) is 5.41 Å². The van der Waals surface area contributed by atoms with Gasteiger partial charge in [-0.05, 0) is 18.9 Å². The number of thioether (sulfide) groups is 1. The number of urea groups is 1. The monoisotopic (exact) mass is 377 g/mol. The molecule has 0 aliphatic carbocycles.